The van der Waals surface area contributed by atoms with Crippen LogP contribution in [0.5, 0.6) is 0 Å². The van der Waals surface area contributed by atoms with Gasteiger partial charge in [-0.2, -0.15) is 0 Å². The minimum atomic E-state index is -0.00432. The number of carbonyl (C=O) groups is 1. The van der Waals surface area contributed by atoms with Gasteiger partial charge in [-0.05, 0) is 37.1 Å². The van der Waals surface area contributed by atoms with E-state index >= 15 is 0 Å². The van der Waals surface area contributed by atoms with Crippen molar-refractivity contribution in [3.63, 3.8) is 0 Å². The molecule has 2 heterocycles. The molecule has 0 unspecified atom stereocenters. The number of nitrogens with zero attached hydrogens (tertiary/aromatic N) is 2. The van der Waals surface area contributed by atoms with Gasteiger partial charge < -0.3 is 14.6 Å². The first kappa shape index (κ1) is 16.6. The van der Waals surface area contributed by atoms with E-state index < -0.39 is 0 Å². The summed E-state index contributed by atoms with van der Waals surface area (Å²) in [5, 5.41) is 2.91. The second-order valence-electron chi connectivity index (χ2n) is 6.16. The minimum Gasteiger partial charge on any atom is -0.467 e. The molecule has 1 fully saturated rings. The maximum absolute atomic E-state index is 12.2. The largest absolute Gasteiger partial charge is 0.467 e. The van der Waals surface area contributed by atoms with Crippen LogP contribution in [0.15, 0.2) is 53.1 Å². The second-order valence-corrected chi connectivity index (χ2v) is 6.16. The summed E-state index contributed by atoms with van der Waals surface area (Å²) in [6, 6.07) is 14.3. The van der Waals surface area contributed by atoms with Gasteiger partial charge in [0.1, 0.15) is 5.76 Å². The molecule has 0 radical (unpaired) electrons. The number of nitrogens with one attached hydrogen (secondary N) is 1. The lowest BCUT2D eigenvalue weighted by Gasteiger charge is -2.34. The number of piperazine rings is 1. The fourth-order valence-corrected chi connectivity index (χ4v) is 3.01. The van der Waals surface area contributed by atoms with Gasteiger partial charge in [-0.25, -0.2) is 4.79 Å². The van der Waals surface area contributed by atoms with Crippen LogP contribution in [0.3, 0.4) is 0 Å². The molecular weight excluding hydrogens is 302 g/mol. The molecule has 2 amide bonds. The Balaban J connectivity index is 1.32. The Morgan fingerprint density at radius 3 is 2.54 bits per heavy atom. The average Bonchev–Trinajstić information content (AvgIpc) is 3.15. The molecule has 1 aromatic heterocycles. The van der Waals surface area contributed by atoms with Gasteiger partial charge in [-0.1, -0.05) is 30.3 Å². The van der Waals surface area contributed by atoms with Gasteiger partial charge in [0, 0.05) is 26.2 Å². The predicted molar refractivity (Wildman–Crippen MR) is 93.7 cm³/mol. The second kappa shape index (κ2) is 8.55. The average molecular weight is 327 g/mol. The third-order valence-electron chi connectivity index (χ3n) is 4.44. The lowest BCUT2D eigenvalue weighted by atomic mass is 10.1. The molecule has 1 aromatic carbocycles. The summed E-state index contributed by atoms with van der Waals surface area (Å²) in [4.78, 5) is 16.5. The van der Waals surface area contributed by atoms with Crippen molar-refractivity contribution in [2.75, 3.05) is 32.7 Å². The van der Waals surface area contributed by atoms with Crippen LogP contribution < -0.4 is 5.32 Å². The number of amides is 2. The molecule has 1 aliphatic heterocycles. The summed E-state index contributed by atoms with van der Waals surface area (Å²) in [6.45, 7) is 5.01. The molecule has 2 aromatic rings. The van der Waals surface area contributed by atoms with E-state index in [1.165, 1.54) is 5.56 Å². The molecule has 0 spiro atoms. The van der Waals surface area contributed by atoms with Crippen molar-refractivity contribution in [3.8, 4) is 0 Å². The first-order valence-corrected chi connectivity index (χ1v) is 8.63. The highest BCUT2D eigenvalue weighted by molar-refractivity contribution is 5.74. The zero-order valence-electron chi connectivity index (χ0n) is 14.0. The highest BCUT2D eigenvalue weighted by atomic mass is 16.3. The Bertz CT molecular complexity index is 605. The van der Waals surface area contributed by atoms with E-state index in [1.54, 1.807) is 6.26 Å². The standard InChI is InChI=1S/C19H25N3O2/c23-19(20-16-18-9-5-15-24-18)22-13-11-21(12-14-22)10-4-8-17-6-2-1-3-7-17/h1-3,5-7,9,15H,4,8,10-14,16H2,(H,20,23). The number of hydrogen-bond acceptors (Lipinski definition) is 3. The number of carbonyl (C=O) groups excluding carboxylic acids is 1. The summed E-state index contributed by atoms with van der Waals surface area (Å²) >= 11 is 0. The van der Waals surface area contributed by atoms with Crippen LogP contribution in [-0.4, -0.2) is 48.6 Å². The van der Waals surface area contributed by atoms with E-state index in [9.17, 15) is 4.79 Å². The topological polar surface area (TPSA) is 48.7 Å². The number of urea groups is 1. The Morgan fingerprint density at radius 2 is 1.83 bits per heavy atom. The quantitative estimate of drug-likeness (QED) is 0.887. The molecule has 1 saturated heterocycles. The third kappa shape index (κ3) is 4.86. The third-order valence-corrected chi connectivity index (χ3v) is 4.44. The van der Waals surface area contributed by atoms with E-state index in [-0.39, 0.29) is 6.03 Å². The van der Waals surface area contributed by atoms with Gasteiger partial charge in [-0.15, -0.1) is 0 Å². The molecule has 5 heteroatoms. The monoisotopic (exact) mass is 327 g/mol. The van der Waals surface area contributed by atoms with Crippen LogP contribution in [0.2, 0.25) is 0 Å². The van der Waals surface area contributed by atoms with Crippen molar-refractivity contribution < 1.29 is 9.21 Å². The first-order chi connectivity index (χ1) is 11.8. The molecule has 3 rings (SSSR count). The summed E-state index contributed by atoms with van der Waals surface area (Å²) in [5.41, 5.74) is 1.40. The van der Waals surface area contributed by atoms with Crippen molar-refractivity contribution in [1.82, 2.24) is 15.1 Å². The summed E-state index contributed by atoms with van der Waals surface area (Å²) < 4.78 is 5.23. The molecule has 24 heavy (non-hydrogen) atoms. The highest BCUT2D eigenvalue weighted by Crippen LogP contribution is 2.07. The van der Waals surface area contributed by atoms with Crippen molar-refractivity contribution in [2.24, 2.45) is 0 Å². The van der Waals surface area contributed by atoms with Crippen molar-refractivity contribution in [1.29, 1.82) is 0 Å². The highest BCUT2D eigenvalue weighted by Gasteiger charge is 2.20. The van der Waals surface area contributed by atoms with Crippen LogP contribution in [0.25, 0.3) is 0 Å². The minimum absolute atomic E-state index is 0.00432. The van der Waals surface area contributed by atoms with Crippen molar-refractivity contribution in [2.45, 2.75) is 19.4 Å². The van der Waals surface area contributed by atoms with Gasteiger partial charge >= 0.3 is 6.03 Å². The van der Waals surface area contributed by atoms with E-state index in [0.29, 0.717) is 6.54 Å². The smallest absolute Gasteiger partial charge is 0.317 e. The van der Waals surface area contributed by atoms with Crippen molar-refractivity contribution in [3.05, 3.63) is 60.1 Å². The first-order valence-electron chi connectivity index (χ1n) is 8.63. The summed E-state index contributed by atoms with van der Waals surface area (Å²) in [5.74, 6) is 0.780. The lowest BCUT2D eigenvalue weighted by molar-refractivity contribution is 0.138. The molecule has 1 N–H and O–H groups in total. The van der Waals surface area contributed by atoms with Gasteiger partial charge in [0.05, 0.1) is 12.8 Å². The molecular formula is C19H25N3O2. The number of benzene rings is 1. The lowest BCUT2D eigenvalue weighted by Crippen LogP contribution is -2.51. The van der Waals surface area contributed by atoms with E-state index in [1.807, 2.05) is 17.0 Å². The zero-order valence-corrected chi connectivity index (χ0v) is 14.0. The van der Waals surface area contributed by atoms with Gasteiger partial charge in [0.25, 0.3) is 0 Å². The molecule has 5 nitrogen and oxygen atoms in total. The van der Waals surface area contributed by atoms with Gasteiger partial charge in [-0.3, -0.25) is 4.90 Å². The van der Waals surface area contributed by atoms with Crippen LogP contribution in [0.4, 0.5) is 4.79 Å². The fraction of sp³-hybridized carbons (Fsp3) is 0.421. The Morgan fingerprint density at radius 1 is 1.04 bits per heavy atom. The molecule has 0 atom stereocenters. The summed E-state index contributed by atoms with van der Waals surface area (Å²) in [6.07, 6.45) is 3.90. The molecule has 1 aliphatic rings. The Labute approximate surface area is 143 Å². The van der Waals surface area contributed by atoms with Crippen LogP contribution >= 0.6 is 0 Å². The number of aryl methyl sites for hydroxylation is 1. The Kier molecular flexibility index (Phi) is 5.90. The number of furan rings is 1. The van der Waals surface area contributed by atoms with E-state index in [0.717, 1.165) is 51.3 Å². The van der Waals surface area contributed by atoms with E-state index in [2.05, 4.69) is 40.5 Å². The van der Waals surface area contributed by atoms with Crippen LogP contribution in [0.1, 0.15) is 17.7 Å². The zero-order chi connectivity index (χ0) is 16.6. The van der Waals surface area contributed by atoms with E-state index in [4.69, 9.17) is 4.42 Å². The van der Waals surface area contributed by atoms with Gasteiger partial charge in [0.15, 0.2) is 0 Å². The maximum Gasteiger partial charge on any atom is 0.317 e. The number of rotatable bonds is 6. The van der Waals surface area contributed by atoms with Crippen LogP contribution in [0, 0.1) is 0 Å². The van der Waals surface area contributed by atoms with Gasteiger partial charge in [0.2, 0.25) is 0 Å². The molecule has 0 saturated carbocycles. The Hall–Kier alpha value is -2.27. The van der Waals surface area contributed by atoms with Crippen molar-refractivity contribution >= 4 is 6.03 Å². The SMILES string of the molecule is O=C(NCc1ccco1)N1CCN(CCCc2ccccc2)CC1. The fourth-order valence-electron chi connectivity index (χ4n) is 3.01. The molecule has 128 valence electrons. The molecule has 0 bridgehead atoms. The maximum atomic E-state index is 12.2. The van der Waals surface area contributed by atoms with Crippen LogP contribution in [-0.2, 0) is 13.0 Å². The predicted octanol–water partition coefficient (Wildman–Crippen LogP) is 2.74. The molecule has 0 aliphatic carbocycles. The summed E-state index contributed by atoms with van der Waals surface area (Å²) in [7, 11) is 0. The normalized spacial score (nSPS) is 15.4. The number of hydrogen-bond donors (Lipinski definition) is 1.